The third-order valence-corrected chi connectivity index (χ3v) is 5.96. The molecular formula is C34H32. The van der Waals surface area contributed by atoms with E-state index in [0.29, 0.717) is 0 Å². The molecule has 0 aromatic heterocycles. The number of hydrogen-bond donors (Lipinski definition) is 0. The normalized spacial score (nSPS) is 13.6. The van der Waals surface area contributed by atoms with Crippen molar-refractivity contribution in [2.75, 3.05) is 0 Å². The van der Waals surface area contributed by atoms with Crippen LogP contribution in [0.5, 0.6) is 0 Å². The predicted molar refractivity (Wildman–Crippen MR) is 150 cm³/mol. The second-order valence-electron chi connectivity index (χ2n) is 8.34. The average molecular weight is 441 g/mol. The highest BCUT2D eigenvalue weighted by Gasteiger charge is 2.29. The SMILES string of the molecule is C#C.C=C1C(c2ccc(C)cc2)=C(C/C=C\C=C/C)C(c2ccccc2)=C1c1ccc(C)cc1. The van der Waals surface area contributed by atoms with Crippen LogP contribution in [0.2, 0.25) is 0 Å². The zero-order valence-electron chi connectivity index (χ0n) is 20.4. The molecule has 3 aromatic carbocycles. The molecule has 0 nitrogen and oxygen atoms in total. The van der Waals surface area contributed by atoms with Gasteiger partial charge in [-0.2, -0.15) is 0 Å². The largest absolute Gasteiger partial charge is 0.124 e. The Morgan fingerprint density at radius 1 is 0.647 bits per heavy atom. The number of rotatable bonds is 6. The lowest BCUT2D eigenvalue weighted by Gasteiger charge is -2.12. The first kappa shape index (κ1) is 24.6. The zero-order valence-corrected chi connectivity index (χ0v) is 20.4. The van der Waals surface area contributed by atoms with E-state index in [0.717, 1.165) is 12.0 Å². The molecule has 168 valence electrons. The van der Waals surface area contributed by atoms with E-state index >= 15 is 0 Å². The summed E-state index contributed by atoms with van der Waals surface area (Å²) in [4.78, 5) is 0. The Bertz CT molecular complexity index is 1270. The van der Waals surface area contributed by atoms with Crippen molar-refractivity contribution >= 4 is 16.7 Å². The van der Waals surface area contributed by atoms with Crippen LogP contribution in [-0.4, -0.2) is 0 Å². The molecule has 1 aliphatic rings. The predicted octanol–water partition coefficient (Wildman–Crippen LogP) is 9.01. The monoisotopic (exact) mass is 440 g/mol. The quantitative estimate of drug-likeness (QED) is 0.265. The molecule has 0 unspecified atom stereocenters. The van der Waals surface area contributed by atoms with E-state index in [9.17, 15) is 0 Å². The van der Waals surface area contributed by atoms with Crippen molar-refractivity contribution in [3.05, 3.63) is 149 Å². The van der Waals surface area contributed by atoms with Crippen molar-refractivity contribution < 1.29 is 0 Å². The van der Waals surface area contributed by atoms with Gasteiger partial charge < -0.3 is 0 Å². The van der Waals surface area contributed by atoms with E-state index in [-0.39, 0.29) is 0 Å². The third kappa shape index (κ3) is 5.28. The Morgan fingerprint density at radius 3 is 1.68 bits per heavy atom. The second-order valence-corrected chi connectivity index (χ2v) is 8.34. The minimum Gasteiger partial charge on any atom is -0.124 e. The van der Waals surface area contributed by atoms with Gasteiger partial charge in [0.15, 0.2) is 0 Å². The summed E-state index contributed by atoms with van der Waals surface area (Å²) in [5.74, 6) is 0. The Labute approximate surface area is 205 Å². The van der Waals surface area contributed by atoms with Crippen LogP contribution in [0.1, 0.15) is 41.2 Å². The van der Waals surface area contributed by atoms with E-state index in [4.69, 9.17) is 0 Å². The van der Waals surface area contributed by atoms with Crippen LogP contribution in [0.15, 0.2) is 121 Å². The summed E-state index contributed by atoms with van der Waals surface area (Å²) in [7, 11) is 0. The summed E-state index contributed by atoms with van der Waals surface area (Å²) in [6, 6.07) is 28.4. The second kappa shape index (κ2) is 11.7. The van der Waals surface area contributed by atoms with Gasteiger partial charge in [0, 0.05) is 0 Å². The zero-order chi connectivity index (χ0) is 24.5. The lowest BCUT2D eigenvalue weighted by molar-refractivity contribution is 1.30. The van der Waals surface area contributed by atoms with Gasteiger partial charge in [0.1, 0.15) is 0 Å². The summed E-state index contributed by atoms with van der Waals surface area (Å²) in [6.45, 7) is 10.9. The smallest absolute Gasteiger partial charge is 0.00293 e. The molecular weight excluding hydrogens is 408 g/mol. The molecule has 3 aromatic rings. The van der Waals surface area contributed by atoms with E-state index < -0.39 is 0 Å². The van der Waals surface area contributed by atoms with Crippen LogP contribution in [0.4, 0.5) is 0 Å². The summed E-state index contributed by atoms with van der Waals surface area (Å²) in [5, 5.41) is 0. The highest BCUT2D eigenvalue weighted by molar-refractivity contribution is 6.20. The number of hydrogen-bond acceptors (Lipinski definition) is 0. The summed E-state index contributed by atoms with van der Waals surface area (Å²) < 4.78 is 0. The van der Waals surface area contributed by atoms with Crippen LogP contribution in [0.3, 0.4) is 0 Å². The fourth-order valence-corrected chi connectivity index (χ4v) is 4.34. The van der Waals surface area contributed by atoms with E-state index in [1.165, 1.54) is 50.1 Å². The minimum atomic E-state index is 0.853. The van der Waals surface area contributed by atoms with Crippen molar-refractivity contribution in [2.45, 2.75) is 27.2 Å². The molecule has 0 heteroatoms. The van der Waals surface area contributed by atoms with Gasteiger partial charge in [-0.15, -0.1) is 12.8 Å². The van der Waals surface area contributed by atoms with Gasteiger partial charge in [-0.25, -0.2) is 0 Å². The van der Waals surface area contributed by atoms with E-state index in [1.807, 2.05) is 6.92 Å². The van der Waals surface area contributed by atoms with Crippen LogP contribution >= 0.6 is 0 Å². The first-order valence-corrected chi connectivity index (χ1v) is 11.6. The third-order valence-electron chi connectivity index (χ3n) is 5.96. The molecule has 0 fully saturated rings. The molecule has 0 atom stereocenters. The van der Waals surface area contributed by atoms with Crippen molar-refractivity contribution in [2.24, 2.45) is 0 Å². The van der Waals surface area contributed by atoms with Gasteiger partial charge in [-0.05, 0) is 71.7 Å². The molecule has 0 saturated heterocycles. The number of allylic oxidation sites excluding steroid dienone is 9. The molecule has 0 N–H and O–H groups in total. The summed E-state index contributed by atoms with van der Waals surface area (Å²) >= 11 is 0. The Balaban J connectivity index is 0.00000158. The Morgan fingerprint density at radius 2 is 1.15 bits per heavy atom. The molecule has 0 amide bonds. The Kier molecular flexibility index (Phi) is 8.44. The van der Waals surface area contributed by atoms with Gasteiger partial charge in [0.2, 0.25) is 0 Å². The van der Waals surface area contributed by atoms with Crippen LogP contribution in [-0.2, 0) is 0 Å². The maximum absolute atomic E-state index is 4.63. The van der Waals surface area contributed by atoms with E-state index in [1.54, 1.807) is 0 Å². The van der Waals surface area contributed by atoms with Gasteiger partial charge in [0.25, 0.3) is 0 Å². The van der Waals surface area contributed by atoms with Gasteiger partial charge >= 0.3 is 0 Å². The van der Waals surface area contributed by atoms with Crippen molar-refractivity contribution in [3.63, 3.8) is 0 Å². The summed E-state index contributed by atoms with van der Waals surface area (Å²) in [5.41, 5.74) is 12.4. The van der Waals surface area contributed by atoms with Crippen molar-refractivity contribution in [1.29, 1.82) is 0 Å². The van der Waals surface area contributed by atoms with E-state index in [2.05, 4.69) is 136 Å². The highest BCUT2D eigenvalue weighted by atomic mass is 14.3. The first-order valence-electron chi connectivity index (χ1n) is 11.6. The lowest BCUT2D eigenvalue weighted by Crippen LogP contribution is -1.91. The number of aryl methyl sites for hydroxylation is 2. The number of benzene rings is 3. The van der Waals surface area contributed by atoms with Crippen molar-refractivity contribution in [3.8, 4) is 12.8 Å². The molecule has 0 aliphatic heterocycles. The topological polar surface area (TPSA) is 0 Å². The van der Waals surface area contributed by atoms with Gasteiger partial charge in [-0.1, -0.05) is 121 Å². The van der Waals surface area contributed by atoms with Crippen LogP contribution in [0, 0.1) is 26.7 Å². The average Bonchev–Trinajstić information content (AvgIpc) is 3.16. The van der Waals surface area contributed by atoms with Crippen molar-refractivity contribution in [1.82, 2.24) is 0 Å². The van der Waals surface area contributed by atoms with Gasteiger partial charge in [-0.3, -0.25) is 0 Å². The molecule has 0 spiro atoms. The van der Waals surface area contributed by atoms with Gasteiger partial charge in [0.05, 0.1) is 0 Å². The Hall–Kier alpha value is -4.08. The summed E-state index contributed by atoms with van der Waals surface area (Å²) in [6.07, 6.45) is 17.4. The molecule has 0 saturated carbocycles. The lowest BCUT2D eigenvalue weighted by atomic mass is 9.91. The molecule has 0 heterocycles. The minimum absolute atomic E-state index is 0.853. The van der Waals surface area contributed by atoms with Crippen LogP contribution in [0.25, 0.3) is 16.7 Å². The fourth-order valence-electron chi connectivity index (χ4n) is 4.34. The molecule has 0 bridgehead atoms. The standard InChI is InChI=1S/C32H30.C2H2/c1-5-6-7-11-14-29-30(27-19-15-23(2)16-20-27)25(4)31(28-21-17-24(3)18-22-28)32(29)26-12-9-8-10-13-26;1-2/h5-13,15-22H,4,14H2,1-3H3;1-2H/b6-5-,11-7-;. The fraction of sp³-hybridized carbons (Fsp3) is 0.118. The maximum Gasteiger partial charge on any atom is -0.00293 e. The first-order chi connectivity index (χ1) is 16.6. The molecule has 0 radical (unpaired) electrons. The number of terminal acetylenes is 1. The molecule has 4 rings (SSSR count). The highest BCUT2D eigenvalue weighted by Crippen LogP contribution is 2.51. The molecule has 1 aliphatic carbocycles. The maximum atomic E-state index is 4.63. The molecule has 34 heavy (non-hydrogen) atoms. The van der Waals surface area contributed by atoms with Crippen LogP contribution < -0.4 is 0 Å².